The Hall–Kier alpha value is -2.00. The number of carbonyl (C=O) groups excluding carboxylic acids is 1. The topological polar surface area (TPSA) is 98.1 Å². The predicted octanol–water partition coefficient (Wildman–Crippen LogP) is 3.70. The van der Waals surface area contributed by atoms with Gasteiger partial charge in [0.15, 0.2) is 15.0 Å². The summed E-state index contributed by atoms with van der Waals surface area (Å²) in [7, 11) is -3.53. The Morgan fingerprint density at radius 2 is 2.07 bits per heavy atom. The average molecular weight is 438 g/mol. The van der Waals surface area contributed by atoms with Crippen LogP contribution < -0.4 is 10.9 Å². The summed E-state index contributed by atoms with van der Waals surface area (Å²) in [5.74, 6) is -0.315. The van der Waals surface area contributed by atoms with Gasteiger partial charge in [-0.05, 0) is 32.3 Å². The van der Waals surface area contributed by atoms with E-state index in [0.717, 1.165) is 25.7 Å². The number of nitrogens with zero attached hydrogens (tertiary/aromatic N) is 2. The molecule has 1 fully saturated rings. The van der Waals surface area contributed by atoms with E-state index in [0.29, 0.717) is 30.1 Å². The molecule has 0 radical (unpaired) electrons. The fourth-order valence-electron chi connectivity index (χ4n) is 3.89. The van der Waals surface area contributed by atoms with Crippen molar-refractivity contribution in [3.05, 3.63) is 39.8 Å². The monoisotopic (exact) mass is 437 g/mol. The van der Waals surface area contributed by atoms with Crippen molar-refractivity contribution in [1.82, 2.24) is 9.55 Å². The molecule has 1 aliphatic rings. The number of nitrogens with one attached hydrogen (secondary N) is 1. The van der Waals surface area contributed by atoms with Gasteiger partial charge >= 0.3 is 0 Å². The Morgan fingerprint density at radius 1 is 1.34 bits per heavy atom. The van der Waals surface area contributed by atoms with Crippen LogP contribution in [-0.4, -0.2) is 29.1 Å². The summed E-state index contributed by atoms with van der Waals surface area (Å²) in [6.07, 6.45) is 6.81. The van der Waals surface area contributed by atoms with E-state index >= 15 is 0 Å². The molecular weight excluding hydrogens is 410 g/mol. The van der Waals surface area contributed by atoms with Gasteiger partial charge < -0.3 is 9.88 Å². The van der Waals surface area contributed by atoms with Gasteiger partial charge in [-0.1, -0.05) is 32.6 Å². The molecule has 1 atom stereocenters. The van der Waals surface area contributed by atoms with Gasteiger partial charge in [0.1, 0.15) is 6.04 Å². The number of anilines is 1. The van der Waals surface area contributed by atoms with Gasteiger partial charge in [0.05, 0.1) is 10.1 Å². The number of aromatic nitrogens is 2. The fourth-order valence-corrected chi connectivity index (χ4v) is 6.36. The molecule has 0 aliphatic heterocycles. The van der Waals surface area contributed by atoms with Crippen molar-refractivity contribution in [2.45, 2.75) is 75.0 Å². The maximum absolute atomic E-state index is 12.9. The van der Waals surface area contributed by atoms with E-state index in [4.69, 9.17) is 0 Å². The molecule has 9 heteroatoms. The van der Waals surface area contributed by atoms with Crippen LogP contribution in [0, 0.1) is 6.92 Å². The van der Waals surface area contributed by atoms with Crippen LogP contribution in [0.4, 0.5) is 5.13 Å². The maximum atomic E-state index is 12.9. The van der Waals surface area contributed by atoms with Crippen molar-refractivity contribution in [2.24, 2.45) is 0 Å². The van der Waals surface area contributed by atoms with E-state index in [1.54, 1.807) is 18.5 Å². The van der Waals surface area contributed by atoms with Crippen molar-refractivity contribution in [3.8, 4) is 0 Å². The molecule has 1 saturated carbocycles. The van der Waals surface area contributed by atoms with Gasteiger partial charge in [-0.2, -0.15) is 0 Å². The lowest BCUT2D eigenvalue weighted by atomic mass is 10.1. The lowest BCUT2D eigenvalue weighted by molar-refractivity contribution is -0.119. The molecule has 0 aromatic carbocycles. The van der Waals surface area contributed by atoms with E-state index < -0.39 is 26.7 Å². The number of amides is 1. The summed E-state index contributed by atoms with van der Waals surface area (Å²) in [6, 6.07) is 2.00. The first-order valence-corrected chi connectivity index (χ1v) is 12.4. The molecule has 2 heterocycles. The number of carbonyl (C=O) groups is 1. The first-order valence-electron chi connectivity index (χ1n) is 10.0. The average Bonchev–Trinajstić information content (AvgIpc) is 3.37. The van der Waals surface area contributed by atoms with Crippen molar-refractivity contribution < 1.29 is 13.2 Å². The third-order valence-corrected chi connectivity index (χ3v) is 8.34. The van der Waals surface area contributed by atoms with Crippen molar-refractivity contribution in [2.75, 3.05) is 5.32 Å². The van der Waals surface area contributed by atoms with Gasteiger partial charge in [-0.15, -0.1) is 11.3 Å². The second-order valence-corrected chi connectivity index (χ2v) is 10.6. The lowest BCUT2D eigenvalue weighted by Crippen LogP contribution is -2.35. The van der Waals surface area contributed by atoms with Crippen LogP contribution >= 0.6 is 11.3 Å². The Bertz CT molecular complexity index is 1010. The van der Waals surface area contributed by atoms with Crippen LogP contribution in [0.25, 0.3) is 0 Å². The van der Waals surface area contributed by atoms with Gasteiger partial charge in [-0.3, -0.25) is 9.59 Å². The van der Waals surface area contributed by atoms with Gasteiger partial charge in [0.25, 0.3) is 5.56 Å². The van der Waals surface area contributed by atoms with Crippen LogP contribution in [0.15, 0.2) is 33.4 Å². The lowest BCUT2D eigenvalue weighted by Gasteiger charge is -2.22. The van der Waals surface area contributed by atoms with Crippen LogP contribution in [-0.2, 0) is 14.6 Å². The highest BCUT2D eigenvalue weighted by atomic mass is 32.2. The van der Waals surface area contributed by atoms with E-state index in [2.05, 4.69) is 10.3 Å². The third kappa shape index (κ3) is 4.78. The zero-order chi connectivity index (χ0) is 21.0. The van der Waals surface area contributed by atoms with E-state index in [9.17, 15) is 18.0 Å². The van der Waals surface area contributed by atoms with E-state index in [-0.39, 0.29) is 10.8 Å². The smallest absolute Gasteiger partial charge is 0.252 e. The fraction of sp³-hybridized carbons (Fsp3) is 0.550. The molecule has 158 valence electrons. The first-order chi connectivity index (χ1) is 13.8. The Morgan fingerprint density at radius 3 is 2.66 bits per heavy atom. The Kier molecular flexibility index (Phi) is 6.89. The summed E-state index contributed by atoms with van der Waals surface area (Å²) in [5.41, 5.74) is 0.0152. The largest absolute Gasteiger partial charge is 0.300 e. The minimum Gasteiger partial charge on any atom is -0.300 e. The number of aryl methyl sites for hydroxylation is 1. The minimum absolute atomic E-state index is 0.0673. The Balaban J connectivity index is 1.95. The minimum atomic E-state index is -3.53. The molecular formula is C20H27N3O4S2. The number of thiazole rings is 1. The predicted molar refractivity (Wildman–Crippen MR) is 114 cm³/mol. The quantitative estimate of drug-likeness (QED) is 0.679. The van der Waals surface area contributed by atoms with Crippen molar-refractivity contribution >= 4 is 32.2 Å². The van der Waals surface area contributed by atoms with Crippen molar-refractivity contribution in [1.29, 1.82) is 0 Å². The molecule has 2 aromatic heterocycles. The molecule has 1 aliphatic carbocycles. The van der Waals surface area contributed by atoms with Gasteiger partial charge in [0.2, 0.25) is 5.91 Å². The number of sulfone groups is 1. The second kappa shape index (κ2) is 9.21. The molecule has 3 rings (SSSR count). The molecule has 1 amide bonds. The van der Waals surface area contributed by atoms with Gasteiger partial charge in [-0.25, -0.2) is 13.4 Å². The summed E-state index contributed by atoms with van der Waals surface area (Å²) in [6.45, 7) is 3.70. The number of hydrogen-bond acceptors (Lipinski definition) is 6. The highest BCUT2D eigenvalue weighted by molar-refractivity contribution is 7.92. The van der Waals surface area contributed by atoms with Crippen LogP contribution in [0.2, 0.25) is 0 Å². The van der Waals surface area contributed by atoms with Gasteiger partial charge in [0, 0.05) is 23.3 Å². The first kappa shape index (κ1) is 21.7. The zero-order valence-corrected chi connectivity index (χ0v) is 18.4. The molecule has 0 saturated heterocycles. The summed E-state index contributed by atoms with van der Waals surface area (Å²) in [5, 5.41) is 4.58. The Labute approximate surface area is 175 Å². The highest BCUT2D eigenvalue weighted by Crippen LogP contribution is 2.30. The molecule has 1 unspecified atom stereocenters. The van der Waals surface area contributed by atoms with E-state index in [1.807, 2.05) is 6.92 Å². The second-order valence-electron chi connectivity index (χ2n) is 7.48. The molecule has 0 bridgehead atoms. The van der Waals surface area contributed by atoms with Crippen LogP contribution in [0.3, 0.4) is 0 Å². The van der Waals surface area contributed by atoms with Crippen LogP contribution in [0.1, 0.15) is 63.6 Å². The maximum Gasteiger partial charge on any atom is 0.252 e. The highest BCUT2D eigenvalue weighted by Gasteiger charge is 2.32. The summed E-state index contributed by atoms with van der Waals surface area (Å²) < 4.78 is 27.2. The molecule has 0 spiro atoms. The SMILES string of the molecule is CCCCC(C(=O)Nc1nccs1)n1c(C)cc(S(=O)(=O)C2CCCC2)cc1=O. The normalized spacial score (nSPS) is 16.1. The summed E-state index contributed by atoms with van der Waals surface area (Å²) >= 11 is 1.31. The van der Waals surface area contributed by atoms with Crippen LogP contribution in [0.5, 0.6) is 0 Å². The van der Waals surface area contributed by atoms with Crippen molar-refractivity contribution in [3.63, 3.8) is 0 Å². The number of hydrogen-bond donors (Lipinski definition) is 1. The third-order valence-electron chi connectivity index (χ3n) is 5.41. The van der Waals surface area contributed by atoms with E-state index in [1.165, 1.54) is 28.0 Å². The molecule has 2 aromatic rings. The molecule has 29 heavy (non-hydrogen) atoms. The number of unbranched alkanes of at least 4 members (excludes halogenated alkanes) is 1. The number of rotatable bonds is 8. The standard InChI is InChI=1S/C20H27N3O4S2/c1-3-4-9-17(19(25)22-20-21-10-11-28-20)23-14(2)12-16(13-18(23)24)29(26,27)15-7-5-6-8-15/h10-13,15,17H,3-9H2,1-2H3,(H,21,22,25). The molecule has 1 N–H and O–H groups in total. The zero-order valence-electron chi connectivity index (χ0n) is 16.8. The summed E-state index contributed by atoms with van der Waals surface area (Å²) in [4.78, 5) is 30.0. The molecule has 7 nitrogen and oxygen atoms in total. The number of pyridine rings is 1.